The van der Waals surface area contributed by atoms with Gasteiger partial charge in [-0.1, -0.05) is 54.6 Å². The Morgan fingerprint density at radius 2 is 1.64 bits per heavy atom. The first-order valence-corrected chi connectivity index (χ1v) is 8.47. The van der Waals surface area contributed by atoms with Crippen molar-refractivity contribution in [2.24, 2.45) is 0 Å². The molecule has 0 bridgehead atoms. The highest BCUT2D eigenvalue weighted by molar-refractivity contribution is 5.94. The number of fused-ring (bicyclic) bond motifs is 1. The number of amides is 1. The third-order valence-electron chi connectivity index (χ3n) is 4.52. The van der Waals surface area contributed by atoms with E-state index in [1.165, 1.54) is 0 Å². The summed E-state index contributed by atoms with van der Waals surface area (Å²) in [4.78, 5) is 14.6. The number of furan rings is 1. The lowest BCUT2D eigenvalue weighted by molar-refractivity contribution is 0.0730. The molecule has 4 rings (SSSR count). The molecule has 0 unspecified atom stereocenters. The molecule has 2 aromatic carbocycles. The van der Waals surface area contributed by atoms with Crippen LogP contribution in [0.3, 0.4) is 0 Å². The van der Waals surface area contributed by atoms with Gasteiger partial charge in [0.25, 0.3) is 5.91 Å². The van der Waals surface area contributed by atoms with Crippen molar-refractivity contribution in [1.82, 2.24) is 4.90 Å². The first kappa shape index (κ1) is 15.5. The fraction of sp³-hybridized carbons (Fsp3) is 0.136. The van der Waals surface area contributed by atoms with Gasteiger partial charge in [-0.25, -0.2) is 0 Å². The topological polar surface area (TPSA) is 33.5 Å². The van der Waals surface area contributed by atoms with Gasteiger partial charge in [-0.2, -0.15) is 0 Å². The van der Waals surface area contributed by atoms with Crippen molar-refractivity contribution in [3.05, 3.63) is 94.9 Å². The average Bonchev–Trinajstić information content (AvgIpc) is 3.15. The van der Waals surface area contributed by atoms with Crippen LogP contribution >= 0.6 is 0 Å². The van der Waals surface area contributed by atoms with Crippen molar-refractivity contribution in [2.45, 2.75) is 13.0 Å². The normalized spacial score (nSPS) is 13.8. The van der Waals surface area contributed by atoms with Crippen LogP contribution in [0.4, 0.5) is 0 Å². The van der Waals surface area contributed by atoms with E-state index in [9.17, 15) is 4.79 Å². The molecule has 0 N–H and O–H groups in total. The van der Waals surface area contributed by atoms with Crippen molar-refractivity contribution in [3.63, 3.8) is 0 Å². The molecule has 25 heavy (non-hydrogen) atoms. The molecule has 0 fully saturated rings. The van der Waals surface area contributed by atoms with Crippen LogP contribution < -0.4 is 0 Å². The van der Waals surface area contributed by atoms with E-state index in [1.54, 1.807) is 6.26 Å². The predicted octanol–water partition coefficient (Wildman–Crippen LogP) is 4.65. The van der Waals surface area contributed by atoms with Gasteiger partial charge in [-0.15, -0.1) is 0 Å². The van der Waals surface area contributed by atoms with E-state index < -0.39 is 0 Å². The summed E-state index contributed by atoms with van der Waals surface area (Å²) in [5, 5.41) is 0. The largest absolute Gasteiger partial charge is 0.469 e. The molecule has 0 radical (unpaired) electrons. The second-order valence-electron chi connectivity index (χ2n) is 6.21. The van der Waals surface area contributed by atoms with Crippen LogP contribution in [0.25, 0.3) is 12.2 Å². The molecule has 1 amide bonds. The molecule has 3 aromatic rings. The molecule has 1 aliphatic heterocycles. The molecular formula is C22H19NO2. The molecule has 0 saturated carbocycles. The van der Waals surface area contributed by atoms with Crippen LogP contribution in [0.1, 0.15) is 32.8 Å². The van der Waals surface area contributed by atoms with Crippen molar-refractivity contribution < 1.29 is 9.21 Å². The Hall–Kier alpha value is -3.07. The lowest BCUT2D eigenvalue weighted by Gasteiger charge is -2.26. The first-order chi connectivity index (χ1) is 12.3. The minimum atomic E-state index is 0.0745. The molecule has 0 spiro atoms. The number of carbonyl (C=O) groups is 1. The minimum absolute atomic E-state index is 0.0745. The third kappa shape index (κ3) is 3.41. The molecule has 2 heterocycles. The fourth-order valence-electron chi connectivity index (χ4n) is 3.10. The van der Waals surface area contributed by atoms with Gasteiger partial charge in [0.15, 0.2) is 0 Å². The van der Waals surface area contributed by atoms with Gasteiger partial charge in [0.2, 0.25) is 0 Å². The number of nitrogens with zero attached hydrogens (tertiary/aromatic N) is 1. The van der Waals surface area contributed by atoms with E-state index in [2.05, 4.69) is 24.3 Å². The van der Waals surface area contributed by atoms with Crippen molar-refractivity contribution >= 4 is 18.1 Å². The summed E-state index contributed by atoms with van der Waals surface area (Å²) in [5.74, 6) is 1.08. The zero-order valence-electron chi connectivity index (χ0n) is 13.9. The van der Waals surface area contributed by atoms with Gasteiger partial charge in [0.05, 0.1) is 6.26 Å². The summed E-state index contributed by atoms with van der Waals surface area (Å²) < 4.78 is 5.42. The molecule has 1 aliphatic rings. The van der Waals surface area contributed by atoms with E-state index in [0.29, 0.717) is 13.1 Å². The van der Waals surface area contributed by atoms with E-state index >= 15 is 0 Å². The highest BCUT2D eigenvalue weighted by Gasteiger charge is 2.23. The molecule has 3 nitrogen and oxygen atoms in total. The summed E-state index contributed by atoms with van der Waals surface area (Å²) in [6.45, 7) is 1.33. The van der Waals surface area contributed by atoms with E-state index in [-0.39, 0.29) is 5.91 Å². The van der Waals surface area contributed by atoms with Gasteiger partial charge in [-0.05, 0) is 29.3 Å². The quantitative estimate of drug-likeness (QED) is 0.655. The number of hydrogen-bond donors (Lipinski definition) is 0. The second kappa shape index (κ2) is 6.81. The van der Waals surface area contributed by atoms with Crippen molar-refractivity contribution in [3.8, 4) is 0 Å². The molecule has 0 aliphatic carbocycles. The van der Waals surface area contributed by atoms with Gasteiger partial charge < -0.3 is 9.32 Å². The Balaban J connectivity index is 1.45. The first-order valence-electron chi connectivity index (χ1n) is 8.47. The molecule has 0 saturated heterocycles. The molecular weight excluding hydrogens is 310 g/mol. The van der Waals surface area contributed by atoms with E-state index in [4.69, 9.17) is 4.42 Å². The number of carbonyl (C=O) groups excluding carboxylic acids is 1. The van der Waals surface area contributed by atoms with Gasteiger partial charge in [-0.3, -0.25) is 4.79 Å². The van der Waals surface area contributed by atoms with Crippen LogP contribution in [-0.2, 0) is 13.0 Å². The third-order valence-corrected chi connectivity index (χ3v) is 4.52. The zero-order valence-corrected chi connectivity index (χ0v) is 13.9. The molecule has 1 aromatic heterocycles. The van der Waals surface area contributed by atoms with E-state index in [1.807, 2.05) is 53.4 Å². The average molecular weight is 329 g/mol. The van der Waals surface area contributed by atoms with Gasteiger partial charge >= 0.3 is 0 Å². The summed E-state index contributed by atoms with van der Waals surface area (Å²) in [5.41, 5.74) is 4.08. The fourth-order valence-corrected chi connectivity index (χ4v) is 3.10. The Labute approximate surface area is 147 Å². The highest BCUT2D eigenvalue weighted by Crippen LogP contribution is 2.21. The Morgan fingerprint density at radius 1 is 0.920 bits per heavy atom. The van der Waals surface area contributed by atoms with Crippen molar-refractivity contribution in [1.29, 1.82) is 0 Å². The van der Waals surface area contributed by atoms with Crippen molar-refractivity contribution in [2.75, 3.05) is 6.54 Å². The van der Waals surface area contributed by atoms with Crippen LogP contribution in [0, 0.1) is 0 Å². The van der Waals surface area contributed by atoms with Crippen LogP contribution in [-0.4, -0.2) is 17.4 Å². The Bertz CT molecular complexity index is 891. The lowest BCUT2D eigenvalue weighted by atomic mass is 10.1. The summed E-state index contributed by atoms with van der Waals surface area (Å²) in [6, 6.07) is 19.9. The summed E-state index contributed by atoms with van der Waals surface area (Å²) in [6.07, 6.45) is 6.61. The lowest BCUT2D eigenvalue weighted by Crippen LogP contribution is -2.35. The predicted molar refractivity (Wildman–Crippen MR) is 99.0 cm³/mol. The number of hydrogen-bond acceptors (Lipinski definition) is 2. The second-order valence-corrected chi connectivity index (χ2v) is 6.21. The monoisotopic (exact) mass is 329 g/mol. The van der Waals surface area contributed by atoms with Crippen LogP contribution in [0.15, 0.2) is 71.3 Å². The Kier molecular flexibility index (Phi) is 4.21. The highest BCUT2D eigenvalue weighted by atomic mass is 16.3. The SMILES string of the molecule is O=C(c1ccc(/C=C\c2ccccc2)cc1)N1CCc2occc2C1. The summed E-state index contributed by atoms with van der Waals surface area (Å²) >= 11 is 0. The molecule has 124 valence electrons. The summed E-state index contributed by atoms with van der Waals surface area (Å²) in [7, 11) is 0. The molecule has 3 heteroatoms. The maximum absolute atomic E-state index is 12.7. The van der Waals surface area contributed by atoms with Crippen LogP contribution in [0.2, 0.25) is 0 Å². The maximum Gasteiger partial charge on any atom is 0.254 e. The standard InChI is InChI=1S/C22H19NO2/c24-22(23-14-12-21-20(16-23)13-15-25-21)19-10-8-18(9-11-19)7-6-17-4-2-1-3-5-17/h1-11,13,15H,12,14,16H2/b7-6-. The smallest absolute Gasteiger partial charge is 0.254 e. The minimum Gasteiger partial charge on any atom is -0.469 e. The Morgan fingerprint density at radius 3 is 2.40 bits per heavy atom. The maximum atomic E-state index is 12.7. The van der Waals surface area contributed by atoms with E-state index in [0.717, 1.165) is 34.4 Å². The number of rotatable bonds is 3. The molecule has 0 atom stereocenters. The number of benzene rings is 2. The van der Waals surface area contributed by atoms with Gasteiger partial charge in [0, 0.05) is 30.6 Å². The zero-order chi connectivity index (χ0) is 17.1. The van der Waals surface area contributed by atoms with Gasteiger partial charge in [0.1, 0.15) is 5.76 Å². The van der Waals surface area contributed by atoms with Crippen LogP contribution in [0.5, 0.6) is 0 Å².